The van der Waals surface area contributed by atoms with Crippen LogP contribution >= 0.6 is 0 Å². The van der Waals surface area contributed by atoms with E-state index in [1.165, 1.54) is 0 Å². The summed E-state index contributed by atoms with van der Waals surface area (Å²) in [6.07, 6.45) is -5.60. The van der Waals surface area contributed by atoms with E-state index in [-0.39, 0.29) is 70.8 Å². The van der Waals surface area contributed by atoms with Crippen molar-refractivity contribution in [2.45, 2.75) is 181 Å². The first kappa shape index (κ1) is 75.1. The lowest BCUT2D eigenvalue weighted by Gasteiger charge is -2.25. The number of Topliss-reactive ketones (excluding diaryl/α,β-unsaturated/α-hetero) is 3. The third kappa shape index (κ3) is 36.4. The Morgan fingerprint density at radius 2 is 1.01 bits per heavy atom. The molecule has 6 unspecified atom stereocenters. The SMILES string of the molecule is CC(C)CC(NC(=O)C(CC(=O)CNC(=O)OC(C)(C)C)Cc1ccccc1)C(=O)CCC(=O)NC(CCC(=O)NCCOCCOCC(=O)CC(CCC(=O)NC(CCC(=O)O)C(=O)O)C(=O)NC(CCC(=O)O)C(=O)O)C(=O)OC(C)(C)C. The number of carboxylic acid groups (broad SMARTS) is 4. The molecule has 10 N–H and O–H groups in total. The minimum absolute atomic E-state index is 0.0209. The molecule has 0 aliphatic carbocycles. The lowest BCUT2D eigenvalue weighted by Crippen LogP contribution is -2.47. The second kappa shape index (κ2) is 38.9. The molecule has 0 spiro atoms. The van der Waals surface area contributed by atoms with Gasteiger partial charge in [0.05, 0.1) is 32.4 Å². The maximum atomic E-state index is 13.9. The van der Waals surface area contributed by atoms with Crippen LogP contribution in [0, 0.1) is 17.8 Å². The molecular weight excluding hydrogens is 1120 g/mol. The van der Waals surface area contributed by atoms with Crippen molar-refractivity contribution >= 4 is 82.8 Å². The summed E-state index contributed by atoms with van der Waals surface area (Å²) in [7, 11) is 0. The Labute approximate surface area is 493 Å². The number of aliphatic carboxylic acids is 4. The molecule has 1 rings (SSSR count). The molecule has 0 aromatic heterocycles. The first-order valence-electron chi connectivity index (χ1n) is 27.9. The van der Waals surface area contributed by atoms with E-state index in [0.717, 1.165) is 5.56 Å². The average Bonchev–Trinajstić information content (AvgIpc) is 3.58. The Morgan fingerprint density at radius 1 is 0.506 bits per heavy atom. The monoisotopic (exact) mass is 1210 g/mol. The maximum absolute atomic E-state index is 13.9. The van der Waals surface area contributed by atoms with Crippen LogP contribution in [0.2, 0.25) is 0 Å². The van der Waals surface area contributed by atoms with E-state index >= 15 is 0 Å². The summed E-state index contributed by atoms with van der Waals surface area (Å²) in [4.78, 5) is 176. The highest BCUT2D eigenvalue weighted by molar-refractivity contribution is 5.95. The molecule has 28 heteroatoms. The number of nitrogens with one attached hydrogen (secondary N) is 6. The third-order valence-electron chi connectivity index (χ3n) is 12.0. The van der Waals surface area contributed by atoms with Gasteiger partial charge in [0.25, 0.3) is 0 Å². The fourth-order valence-electron chi connectivity index (χ4n) is 7.92. The highest BCUT2D eigenvalue weighted by Gasteiger charge is 2.32. The summed E-state index contributed by atoms with van der Waals surface area (Å²) in [5.41, 5.74) is -1.03. The molecule has 476 valence electrons. The highest BCUT2D eigenvalue weighted by atomic mass is 16.6. The number of ether oxygens (including phenoxy) is 4. The van der Waals surface area contributed by atoms with Gasteiger partial charge in [-0.05, 0) is 91.5 Å². The quantitative estimate of drug-likeness (QED) is 0.0331. The topological polar surface area (TPSA) is 429 Å². The van der Waals surface area contributed by atoms with Crippen molar-refractivity contribution in [3.05, 3.63) is 35.9 Å². The standard InChI is InChI=1S/C57H86N6O22/c1-34(2)28-43(63-51(75)37(29-35-12-10-9-11-13-35)31-38(64)32-59-55(81)85-57(6,7)8)44(66)18-21-47(69)61-42(54(80)84-56(3,4)5)15-20-45(67)58-24-25-82-26-27-83-33-39(65)30-36(50(74)62-41(53(78)79)17-23-49(72)73)14-19-46(68)60-40(52(76)77)16-22-48(70)71/h9-13,34,36-37,40-43H,14-33H2,1-8H3,(H,58,67)(H,59,81)(H,60,68)(H,61,69)(H,62,74)(H,63,75)(H,70,71)(H,72,73)(H,76,77)(H,78,79). The van der Waals surface area contributed by atoms with Crippen molar-refractivity contribution in [1.82, 2.24) is 31.9 Å². The zero-order chi connectivity index (χ0) is 64.5. The second-order valence-electron chi connectivity index (χ2n) is 22.6. The Balaban J connectivity index is 2.85. The largest absolute Gasteiger partial charge is 0.481 e. The van der Waals surface area contributed by atoms with Gasteiger partial charge in [-0.15, -0.1) is 0 Å². The van der Waals surface area contributed by atoms with Crippen molar-refractivity contribution in [3.8, 4) is 0 Å². The van der Waals surface area contributed by atoms with E-state index in [1.807, 2.05) is 13.8 Å². The number of amides is 6. The first-order valence-corrected chi connectivity index (χ1v) is 27.9. The van der Waals surface area contributed by atoms with Crippen LogP contribution in [0.5, 0.6) is 0 Å². The second-order valence-corrected chi connectivity index (χ2v) is 22.6. The Hall–Kier alpha value is -7.88. The summed E-state index contributed by atoms with van der Waals surface area (Å²) < 4.78 is 21.5. The first-order chi connectivity index (χ1) is 39.6. The van der Waals surface area contributed by atoms with Crippen molar-refractivity contribution in [2.75, 3.05) is 39.5 Å². The molecule has 6 atom stereocenters. The van der Waals surface area contributed by atoms with Crippen LogP contribution in [0.4, 0.5) is 4.79 Å². The number of esters is 1. The van der Waals surface area contributed by atoms with Gasteiger partial charge >= 0.3 is 35.9 Å². The molecule has 0 saturated carbocycles. The smallest absolute Gasteiger partial charge is 0.408 e. The van der Waals surface area contributed by atoms with Crippen LogP contribution in [0.3, 0.4) is 0 Å². The number of alkyl carbamates (subject to hydrolysis) is 1. The number of ketones is 3. The molecule has 1 aromatic carbocycles. The lowest BCUT2D eigenvalue weighted by atomic mass is 9.91. The lowest BCUT2D eigenvalue weighted by molar-refractivity contribution is -0.159. The zero-order valence-corrected chi connectivity index (χ0v) is 49.7. The predicted molar refractivity (Wildman–Crippen MR) is 300 cm³/mol. The summed E-state index contributed by atoms with van der Waals surface area (Å²) in [6.45, 7) is 12.2. The molecule has 0 aliphatic heterocycles. The number of carbonyl (C=O) groups is 14. The highest BCUT2D eigenvalue weighted by Crippen LogP contribution is 2.19. The molecule has 0 saturated heterocycles. The van der Waals surface area contributed by atoms with Crippen LogP contribution in [0.25, 0.3) is 0 Å². The third-order valence-corrected chi connectivity index (χ3v) is 12.0. The number of rotatable bonds is 43. The minimum atomic E-state index is -1.67. The molecule has 0 aliphatic rings. The zero-order valence-electron chi connectivity index (χ0n) is 49.7. The number of benzene rings is 1. The summed E-state index contributed by atoms with van der Waals surface area (Å²) >= 11 is 0. The number of carbonyl (C=O) groups excluding carboxylic acids is 10. The Kier molecular flexibility index (Phi) is 34.4. The van der Waals surface area contributed by atoms with Gasteiger partial charge in [-0.1, -0.05) is 44.2 Å². The fraction of sp³-hybridized carbons (Fsp3) is 0.649. The van der Waals surface area contributed by atoms with Crippen LogP contribution in [-0.4, -0.2) is 178 Å². The molecule has 6 amide bonds. The van der Waals surface area contributed by atoms with E-state index in [1.54, 1.807) is 71.9 Å². The molecule has 0 bridgehead atoms. The van der Waals surface area contributed by atoms with E-state index in [4.69, 9.17) is 29.2 Å². The van der Waals surface area contributed by atoms with E-state index in [9.17, 15) is 77.3 Å². The fourth-order valence-corrected chi connectivity index (χ4v) is 7.92. The minimum Gasteiger partial charge on any atom is -0.481 e. The Bertz CT molecular complexity index is 2440. The summed E-state index contributed by atoms with van der Waals surface area (Å²) in [6, 6.07) is 3.34. The van der Waals surface area contributed by atoms with Crippen LogP contribution in [-0.2, 0) is 87.7 Å². The average molecular weight is 1210 g/mol. The van der Waals surface area contributed by atoms with Crippen molar-refractivity contribution in [3.63, 3.8) is 0 Å². The summed E-state index contributed by atoms with van der Waals surface area (Å²) in [5.74, 6) is -14.3. The molecule has 0 fully saturated rings. The maximum Gasteiger partial charge on any atom is 0.408 e. The van der Waals surface area contributed by atoms with Gasteiger partial charge in [0.2, 0.25) is 29.5 Å². The van der Waals surface area contributed by atoms with Gasteiger partial charge in [-0.3, -0.25) is 47.9 Å². The van der Waals surface area contributed by atoms with E-state index in [2.05, 4.69) is 31.9 Å². The predicted octanol–water partition coefficient (Wildman–Crippen LogP) is 2.19. The van der Waals surface area contributed by atoms with Crippen LogP contribution in [0.15, 0.2) is 30.3 Å². The number of carboxylic acids is 4. The molecule has 0 heterocycles. The van der Waals surface area contributed by atoms with E-state index in [0.29, 0.717) is 0 Å². The number of hydrogen-bond acceptors (Lipinski definition) is 18. The van der Waals surface area contributed by atoms with Gasteiger partial charge < -0.3 is 71.3 Å². The molecule has 85 heavy (non-hydrogen) atoms. The van der Waals surface area contributed by atoms with Gasteiger partial charge in [0.1, 0.15) is 35.9 Å². The molecule has 0 radical (unpaired) electrons. The molecule has 1 aromatic rings. The molecule has 28 nitrogen and oxygen atoms in total. The summed E-state index contributed by atoms with van der Waals surface area (Å²) in [5, 5.41) is 51.4. The Morgan fingerprint density at radius 3 is 1.58 bits per heavy atom. The van der Waals surface area contributed by atoms with Crippen molar-refractivity contribution in [1.29, 1.82) is 0 Å². The van der Waals surface area contributed by atoms with Crippen LogP contribution in [0.1, 0.15) is 144 Å². The normalized spacial score (nSPS) is 13.5. The van der Waals surface area contributed by atoms with Crippen molar-refractivity contribution < 1.29 is 106 Å². The van der Waals surface area contributed by atoms with Gasteiger partial charge in [-0.2, -0.15) is 0 Å². The van der Waals surface area contributed by atoms with Gasteiger partial charge in [0, 0.05) is 69.7 Å². The van der Waals surface area contributed by atoms with E-state index < -0.39 is 195 Å². The van der Waals surface area contributed by atoms with Crippen molar-refractivity contribution in [2.24, 2.45) is 17.8 Å². The van der Waals surface area contributed by atoms with Gasteiger partial charge in [-0.25, -0.2) is 19.2 Å². The number of hydrogen-bond donors (Lipinski definition) is 10. The van der Waals surface area contributed by atoms with Gasteiger partial charge in [0.15, 0.2) is 17.3 Å². The molecular formula is C57H86N6O22. The van der Waals surface area contributed by atoms with Crippen LogP contribution < -0.4 is 31.9 Å².